The molecule has 22 heavy (non-hydrogen) atoms. The molecule has 0 unspecified atom stereocenters. The number of pyridine rings is 1. The van der Waals surface area contributed by atoms with Crippen molar-refractivity contribution >= 4 is 10.8 Å². The van der Waals surface area contributed by atoms with Crippen molar-refractivity contribution in [2.75, 3.05) is 6.79 Å². The Bertz CT molecular complexity index is 908. The van der Waals surface area contributed by atoms with E-state index in [1.807, 2.05) is 6.07 Å². The summed E-state index contributed by atoms with van der Waals surface area (Å²) in [6, 6.07) is 11.6. The van der Waals surface area contributed by atoms with E-state index < -0.39 is 5.82 Å². The van der Waals surface area contributed by atoms with Crippen LogP contribution in [0, 0.1) is 17.9 Å². The molecule has 0 aliphatic carbocycles. The van der Waals surface area contributed by atoms with Crippen LogP contribution in [0.25, 0.3) is 22.0 Å². The number of hydrogen-bond donors (Lipinski definition) is 0. The molecule has 4 rings (SSSR count). The molecule has 0 spiro atoms. The van der Waals surface area contributed by atoms with Crippen molar-refractivity contribution in [1.29, 1.82) is 0 Å². The lowest BCUT2D eigenvalue weighted by atomic mass is 10.0. The Hall–Kier alpha value is -2.82. The topological polar surface area (TPSA) is 45.4 Å². The quantitative estimate of drug-likeness (QED) is 0.511. The number of nitrogens with zero attached hydrogens (tertiary/aromatic N) is 1. The van der Waals surface area contributed by atoms with Gasteiger partial charge >= 0.3 is 0 Å². The van der Waals surface area contributed by atoms with E-state index in [0.29, 0.717) is 22.6 Å². The van der Waals surface area contributed by atoms with E-state index in [2.05, 4.69) is 0 Å². The van der Waals surface area contributed by atoms with Gasteiger partial charge < -0.3 is 14.7 Å². The van der Waals surface area contributed by atoms with Gasteiger partial charge in [-0.05, 0) is 29.7 Å². The lowest BCUT2D eigenvalue weighted by Gasteiger charge is -2.12. The molecule has 0 fully saturated rings. The fraction of sp³-hybridized carbons (Fsp3) is 0.118. The lowest BCUT2D eigenvalue weighted by Crippen LogP contribution is -2.33. The molecule has 5 heteroatoms. The molecule has 0 saturated heterocycles. The number of rotatable bonds is 1. The van der Waals surface area contributed by atoms with Crippen LogP contribution in [-0.4, -0.2) is 6.79 Å². The van der Waals surface area contributed by atoms with Gasteiger partial charge in [-0.2, -0.15) is 4.73 Å². The molecule has 0 N–H and O–H groups in total. The highest BCUT2D eigenvalue weighted by Gasteiger charge is 2.27. The Kier molecular flexibility index (Phi) is 2.69. The predicted molar refractivity (Wildman–Crippen MR) is 79.2 cm³/mol. The summed E-state index contributed by atoms with van der Waals surface area (Å²) in [7, 11) is 0. The van der Waals surface area contributed by atoms with E-state index >= 15 is 0 Å². The average Bonchev–Trinajstić information content (AvgIpc) is 2.98. The molecule has 2 aromatic carbocycles. The highest BCUT2D eigenvalue weighted by Crippen LogP contribution is 2.43. The number of aryl methyl sites for hydroxylation is 1. The zero-order valence-corrected chi connectivity index (χ0v) is 11.8. The zero-order chi connectivity index (χ0) is 15.3. The molecule has 1 aliphatic heterocycles. The second-order valence-electron chi connectivity index (χ2n) is 5.17. The standard InChI is InChI=1S/C17H12FNO3/c1-10-8-11-6-7-14-17(22-9-21-14)15(11)16(19(10)20)12-4-2-3-5-13(12)18/h2-8H,9H2,1H3. The molecular weight excluding hydrogens is 285 g/mol. The van der Waals surface area contributed by atoms with Crippen molar-refractivity contribution in [2.24, 2.45) is 0 Å². The zero-order valence-electron chi connectivity index (χ0n) is 11.8. The van der Waals surface area contributed by atoms with Crippen molar-refractivity contribution in [3.05, 3.63) is 59.2 Å². The monoisotopic (exact) mass is 297 g/mol. The fourth-order valence-electron chi connectivity index (χ4n) is 2.81. The third kappa shape index (κ3) is 1.72. The number of ether oxygens (including phenoxy) is 2. The summed E-state index contributed by atoms with van der Waals surface area (Å²) in [5.41, 5.74) is 0.982. The van der Waals surface area contributed by atoms with E-state index in [1.54, 1.807) is 37.3 Å². The van der Waals surface area contributed by atoms with E-state index in [1.165, 1.54) is 6.07 Å². The lowest BCUT2D eigenvalue weighted by molar-refractivity contribution is -0.599. The smallest absolute Gasteiger partial charge is 0.238 e. The molecule has 1 aliphatic rings. The van der Waals surface area contributed by atoms with Crippen molar-refractivity contribution < 1.29 is 18.6 Å². The molecule has 0 radical (unpaired) electrons. The largest absolute Gasteiger partial charge is 0.618 e. The summed E-state index contributed by atoms with van der Waals surface area (Å²) in [6.07, 6.45) is 0. The van der Waals surface area contributed by atoms with Crippen molar-refractivity contribution in [2.45, 2.75) is 6.92 Å². The summed E-state index contributed by atoms with van der Waals surface area (Å²) in [5, 5.41) is 14.0. The number of benzene rings is 2. The Labute approximate surface area is 125 Å². The molecule has 0 bridgehead atoms. The first-order valence-electron chi connectivity index (χ1n) is 6.87. The van der Waals surface area contributed by atoms with Gasteiger partial charge in [0.2, 0.25) is 12.5 Å². The van der Waals surface area contributed by atoms with Crippen molar-refractivity contribution in [1.82, 2.24) is 0 Å². The molecule has 0 amide bonds. The fourth-order valence-corrected chi connectivity index (χ4v) is 2.81. The summed E-state index contributed by atoms with van der Waals surface area (Å²) < 4.78 is 25.9. The molecule has 3 aromatic rings. The third-order valence-corrected chi connectivity index (χ3v) is 3.83. The first-order valence-corrected chi connectivity index (χ1v) is 6.87. The van der Waals surface area contributed by atoms with Crippen LogP contribution in [0.5, 0.6) is 11.5 Å². The van der Waals surface area contributed by atoms with Gasteiger partial charge in [0, 0.05) is 13.0 Å². The summed E-state index contributed by atoms with van der Waals surface area (Å²) in [6.45, 7) is 1.79. The first kappa shape index (κ1) is 12.9. The van der Waals surface area contributed by atoms with Gasteiger partial charge in [-0.15, -0.1) is 0 Å². The number of aromatic nitrogens is 1. The van der Waals surface area contributed by atoms with Crippen molar-refractivity contribution in [3.8, 4) is 22.8 Å². The molecule has 1 aromatic heterocycles. The van der Waals surface area contributed by atoms with E-state index in [9.17, 15) is 9.60 Å². The SMILES string of the molecule is Cc1cc2ccc3c(c2c(-c2ccccc2F)[n+]1[O-])OCO3. The molecule has 0 atom stereocenters. The second kappa shape index (κ2) is 4.59. The highest BCUT2D eigenvalue weighted by atomic mass is 19.1. The van der Waals surface area contributed by atoms with Gasteiger partial charge in [0.25, 0.3) is 0 Å². The summed E-state index contributed by atoms with van der Waals surface area (Å²) in [4.78, 5) is 0. The molecule has 0 saturated carbocycles. The third-order valence-electron chi connectivity index (χ3n) is 3.83. The van der Waals surface area contributed by atoms with Gasteiger partial charge in [-0.3, -0.25) is 0 Å². The van der Waals surface area contributed by atoms with Crippen LogP contribution in [0.4, 0.5) is 4.39 Å². The van der Waals surface area contributed by atoms with Gasteiger partial charge in [-0.25, -0.2) is 4.39 Å². The Morgan fingerprint density at radius 3 is 2.77 bits per heavy atom. The average molecular weight is 297 g/mol. The molecule has 110 valence electrons. The predicted octanol–water partition coefficient (Wildman–Crippen LogP) is 3.32. The van der Waals surface area contributed by atoms with Gasteiger partial charge in [0.05, 0.1) is 5.56 Å². The van der Waals surface area contributed by atoms with Gasteiger partial charge in [0.15, 0.2) is 17.2 Å². The number of fused-ring (bicyclic) bond motifs is 3. The van der Waals surface area contributed by atoms with E-state index in [-0.39, 0.29) is 18.1 Å². The summed E-state index contributed by atoms with van der Waals surface area (Å²) in [5.74, 6) is 0.602. The Balaban J connectivity index is 2.19. The number of hydrogen-bond acceptors (Lipinski definition) is 3. The Morgan fingerprint density at radius 2 is 1.95 bits per heavy atom. The molecule has 2 heterocycles. The maximum atomic E-state index is 14.2. The minimum absolute atomic E-state index is 0.0951. The first-order chi connectivity index (χ1) is 10.7. The van der Waals surface area contributed by atoms with Crippen LogP contribution < -0.4 is 14.2 Å². The van der Waals surface area contributed by atoms with Crippen LogP contribution in [0.15, 0.2) is 42.5 Å². The maximum Gasteiger partial charge on any atom is 0.238 e. The highest BCUT2D eigenvalue weighted by molar-refractivity contribution is 6.00. The molecular formula is C17H12FNO3. The van der Waals surface area contributed by atoms with Crippen LogP contribution in [0.3, 0.4) is 0 Å². The second-order valence-corrected chi connectivity index (χ2v) is 5.17. The van der Waals surface area contributed by atoms with Crippen LogP contribution in [0.2, 0.25) is 0 Å². The molecule has 4 nitrogen and oxygen atoms in total. The Morgan fingerprint density at radius 1 is 1.14 bits per heavy atom. The van der Waals surface area contributed by atoms with Gasteiger partial charge in [0.1, 0.15) is 11.2 Å². The van der Waals surface area contributed by atoms with Crippen molar-refractivity contribution in [3.63, 3.8) is 0 Å². The normalized spacial score (nSPS) is 12.8. The summed E-state index contributed by atoms with van der Waals surface area (Å²) >= 11 is 0. The van der Waals surface area contributed by atoms with Crippen LogP contribution in [0.1, 0.15) is 5.69 Å². The minimum Gasteiger partial charge on any atom is -0.618 e. The number of halogens is 1. The van der Waals surface area contributed by atoms with Crippen LogP contribution in [-0.2, 0) is 0 Å². The van der Waals surface area contributed by atoms with E-state index in [4.69, 9.17) is 9.47 Å². The van der Waals surface area contributed by atoms with E-state index in [0.717, 1.165) is 10.1 Å². The van der Waals surface area contributed by atoms with Crippen LogP contribution >= 0.6 is 0 Å². The van der Waals surface area contributed by atoms with Gasteiger partial charge in [-0.1, -0.05) is 12.1 Å². The minimum atomic E-state index is -0.449. The maximum absolute atomic E-state index is 14.2.